The highest BCUT2D eigenvalue weighted by Gasteiger charge is 2.18. The van der Waals surface area contributed by atoms with Crippen LogP contribution in [0.25, 0.3) is 16.8 Å². The van der Waals surface area contributed by atoms with Crippen LogP contribution in [0.3, 0.4) is 0 Å². The summed E-state index contributed by atoms with van der Waals surface area (Å²) in [5.41, 5.74) is 5.77. The summed E-state index contributed by atoms with van der Waals surface area (Å²) in [5, 5.41) is 16.2. The Morgan fingerprint density at radius 1 is 1.16 bits per heavy atom. The average Bonchev–Trinajstić information content (AvgIpc) is 3.19. The molecule has 156 valence electrons. The molecule has 4 rings (SSSR count). The molecule has 0 aliphatic rings. The number of hydrogen-bond donors (Lipinski definition) is 1. The van der Waals surface area contributed by atoms with Crippen LogP contribution in [-0.2, 0) is 24.2 Å². The van der Waals surface area contributed by atoms with Gasteiger partial charge in [-0.2, -0.15) is 10.4 Å². The minimum Gasteiger partial charge on any atom is -0.377 e. The summed E-state index contributed by atoms with van der Waals surface area (Å²) in [6, 6.07) is 17.9. The summed E-state index contributed by atoms with van der Waals surface area (Å²) in [6.07, 6.45) is 2.32. The van der Waals surface area contributed by atoms with Crippen LogP contribution < -0.4 is 5.69 Å². The molecule has 0 fully saturated rings. The van der Waals surface area contributed by atoms with E-state index in [0.717, 1.165) is 40.8 Å². The molecule has 0 aliphatic heterocycles. The van der Waals surface area contributed by atoms with E-state index >= 15 is 0 Å². The minimum atomic E-state index is -0.317. The van der Waals surface area contributed by atoms with Crippen molar-refractivity contribution in [2.24, 2.45) is 0 Å². The Kier molecular flexibility index (Phi) is 5.92. The first kappa shape index (κ1) is 20.5. The van der Waals surface area contributed by atoms with Gasteiger partial charge in [-0.3, -0.25) is 0 Å². The van der Waals surface area contributed by atoms with E-state index < -0.39 is 0 Å². The number of hydrogen-bond acceptors (Lipinski definition) is 5. The highest BCUT2D eigenvalue weighted by atomic mass is 16.5. The van der Waals surface area contributed by atoms with E-state index in [2.05, 4.69) is 23.2 Å². The largest absolute Gasteiger partial charge is 0.377 e. The van der Waals surface area contributed by atoms with Crippen LogP contribution >= 0.6 is 0 Å². The first-order valence-electron chi connectivity index (χ1n) is 10.2. The zero-order chi connectivity index (χ0) is 21.8. The third kappa shape index (κ3) is 3.98. The van der Waals surface area contributed by atoms with E-state index in [-0.39, 0.29) is 12.3 Å². The normalized spacial score (nSPS) is 11.0. The summed E-state index contributed by atoms with van der Waals surface area (Å²) >= 11 is 0. The Hall–Kier alpha value is -3.76. The summed E-state index contributed by atoms with van der Waals surface area (Å²) in [5.74, 6) is 0.548. The maximum absolute atomic E-state index is 12.3. The summed E-state index contributed by atoms with van der Waals surface area (Å²) in [4.78, 5) is 17.1. The quantitative estimate of drug-likeness (QED) is 0.499. The molecule has 2 aromatic carbocycles. The first-order valence-corrected chi connectivity index (χ1v) is 10.2. The molecule has 0 radical (unpaired) electrons. The number of nitrogens with zero attached hydrogens (tertiary/aromatic N) is 4. The molecule has 2 heterocycles. The average molecular weight is 413 g/mol. The SMILES string of the molecule is CCCc1nc(COC)n2c(=O)[nH]nc2c1Cc1ccc(-c2ccccc2C#N)cc1. The fourth-order valence-electron chi connectivity index (χ4n) is 3.83. The molecule has 4 aromatic rings. The van der Waals surface area contributed by atoms with Crippen molar-refractivity contribution in [3.8, 4) is 17.2 Å². The van der Waals surface area contributed by atoms with E-state index in [4.69, 9.17) is 9.72 Å². The molecule has 2 aromatic heterocycles. The van der Waals surface area contributed by atoms with Gasteiger partial charge >= 0.3 is 5.69 Å². The maximum Gasteiger partial charge on any atom is 0.349 e. The van der Waals surface area contributed by atoms with Gasteiger partial charge in [0.25, 0.3) is 0 Å². The number of methoxy groups -OCH3 is 1. The smallest absolute Gasteiger partial charge is 0.349 e. The van der Waals surface area contributed by atoms with Crippen LogP contribution in [0.4, 0.5) is 0 Å². The van der Waals surface area contributed by atoms with Crippen LogP contribution in [-0.4, -0.2) is 26.7 Å². The van der Waals surface area contributed by atoms with Gasteiger partial charge in [-0.25, -0.2) is 19.3 Å². The van der Waals surface area contributed by atoms with Gasteiger partial charge in [0, 0.05) is 24.8 Å². The fraction of sp³-hybridized carbons (Fsp3) is 0.250. The molecule has 0 bridgehead atoms. The van der Waals surface area contributed by atoms with E-state index in [0.29, 0.717) is 23.5 Å². The van der Waals surface area contributed by atoms with Gasteiger partial charge in [-0.15, -0.1) is 0 Å². The molecule has 0 unspecified atom stereocenters. The Bertz CT molecular complexity index is 1310. The van der Waals surface area contributed by atoms with Gasteiger partial charge in [0.1, 0.15) is 12.4 Å². The highest BCUT2D eigenvalue weighted by Crippen LogP contribution is 2.25. The standard InChI is InChI=1S/C24H23N5O2/c1-3-6-21-20(23-27-28-24(30)29(23)22(26-21)15-31-2)13-16-9-11-17(12-10-16)19-8-5-4-7-18(19)14-25/h4-5,7-12H,3,6,13,15H2,1-2H3,(H,28,30). The lowest BCUT2D eigenvalue weighted by Crippen LogP contribution is -2.18. The monoisotopic (exact) mass is 413 g/mol. The number of aryl methyl sites for hydroxylation is 1. The lowest BCUT2D eigenvalue weighted by molar-refractivity contribution is 0.176. The molecular formula is C24H23N5O2. The molecule has 0 amide bonds. The first-order chi connectivity index (χ1) is 15.2. The van der Waals surface area contributed by atoms with Crippen molar-refractivity contribution in [1.82, 2.24) is 19.6 Å². The van der Waals surface area contributed by atoms with Gasteiger partial charge < -0.3 is 4.74 Å². The third-order valence-electron chi connectivity index (χ3n) is 5.27. The van der Waals surface area contributed by atoms with Gasteiger partial charge in [-0.1, -0.05) is 55.8 Å². The Morgan fingerprint density at radius 3 is 2.65 bits per heavy atom. The molecule has 0 saturated heterocycles. The van der Waals surface area contributed by atoms with Crippen LogP contribution in [0.5, 0.6) is 0 Å². The third-order valence-corrected chi connectivity index (χ3v) is 5.27. The number of aromatic amines is 1. The second-order valence-electron chi connectivity index (χ2n) is 7.36. The van der Waals surface area contributed by atoms with Gasteiger partial charge in [0.05, 0.1) is 11.6 Å². The topological polar surface area (TPSA) is 96.1 Å². The van der Waals surface area contributed by atoms with E-state index in [9.17, 15) is 10.1 Å². The molecule has 1 N–H and O–H groups in total. The van der Waals surface area contributed by atoms with Crippen molar-refractivity contribution in [2.75, 3.05) is 7.11 Å². The highest BCUT2D eigenvalue weighted by molar-refractivity contribution is 5.70. The van der Waals surface area contributed by atoms with Gasteiger partial charge in [0.15, 0.2) is 5.65 Å². The van der Waals surface area contributed by atoms with Gasteiger partial charge in [-0.05, 0) is 29.2 Å². The number of H-pyrrole nitrogens is 1. The number of nitrogens with one attached hydrogen (secondary N) is 1. The molecule has 0 aliphatic carbocycles. The van der Waals surface area contributed by atoms with Crippen molar-refractivity contribution in [1.29, 1.82) is 5.26 Å². The van der Waals surface area contributed by atoms with Crippen LogP contribution in [0.2, 0.25) is 0 Å². The predicted molar refractivity (Wildman–Crippen MR) is 118 cm³/mol. The molecule has 7 nitrogen and oxygen atoms in total. The van der Waals surface area contributed by atoms with Crippen molar-refractivity contribution < 1.29 is 4.74 Å². The number of ether oxygens (including phenoxy) is 1. The Labute approximate surface area is 180 Å². The van der Waals surface area contributed by atoms with E-state index in [1.807, 2.05) is 48.5 Å². The van der Waals surface area contributed by atoms with Crippen molar-refractivity contribution >= 4 is 5.65 Å². The van der Waals surface area contributed by atoms with Gasteiger partial charge in [0.2, 0.25) is 0 Å². The summed E-state index contributed by atoms with van der Waals surface area (Å²) in [7, 11) is 1.58. The fourth-order valence-corrected chi connectivity index (χ4v) is 3.83. The second-order valence-corrected chi connectivity index (χ2v) is 7.36. The maximum atomic E-state index is 12.3. The summed E-state index contributed by atoms with van der Waals surface area (Å²) in [6.45, 7) is 2.34. The van der Waals surface area contributed by atoms with Crippen molar-refractivity contribution in [3.05, 3.63) is 87.2 Å². The van der Waals surface area contributed by atoms with E-state index in [1.54, 1.807) is 7.11 Å². The predicted octanol–water partition coefficient (Wildman–Crippen LogP) is 3.65. The zero-order valence-corrected chi connectivity index (χ0v) is 17.6. The minimum absolute atomic E-state index is 0.236. The van der Waals surface area contributed by atoms with Crippen molar-refractivity contribution in [2.45, 2.75) is 32.8 Å². The number of benzene rings is 2. The second kappa shape index (κ2) is 8.94. The number of aromatic nitrogens is 4. The van der Waals surface area contributed by atoms with Crippen LogP contribution in [0.15, 0.2) is 53.3 Å². The molecule has 7 heteroatoms. The number of nitriles is 1. The van der Waals surface area contributed by atoms with Crippen LogP contribution in [0.1, 0.15) is 41.6 Å². The molecule has 0 saturated carbocycles. The lowest BCUT2D eigenvalue weighted by Gasteiger charge is -2.13. The molecule has 31 heavy (non-hydrogen) atoms. The van der Waals surface area contributed by atoms with Crippen LogP contribution in [0, 0.1) is 11.3 Å². The number of fused-ring (bicyclic) bond motifs is 1. The van der Waals surface area contributed by atoms with E-state index in [1.165, 1.54) is 4.40 Å². The molecule has 0 spiro atoms. The molecular weight excluding hydrogens is 390 g/mol. The molecule has 0 atom stereocenters. The zero-order valence-electron chi connectivity index (χ0n) is 17.6. The van der Waals surface area contributed by atoms with Crippen molar-refractivity contribution in [3.63, 3.8) is 0 Å². The lowest BCUT2D eigenvalue weighted by atomic mass is 9.97. The Balaban J connectivity index is 1.75. The summed E-state index contributed by atoms with van der Waals surface area (Å²) < 4.78 is 6.73. The number of rotatable bonds is 7. The Morgan fingerprint density at radius 2 is 1.94 bits per heavy atom.